The van der Waals surface area contributed by atoms with Crippen LogP contribution in [0.2, 0.25) is 0 Å². The van der Waals surface area contributed by atoms with E-state index in [0.29, 0.717) is 25.4 Å². The molecule has 4 nitrogen and oxygen atoms in total. The number of rotatable bonds is 4. The van der Waals surface area contributed by atoms with Crippen LogP contribution in [-0.2, 0) is 9.59 Å². The van der Waals surface area contributed by atoms with Crippen LogP contribution in [0.4, 0.5) is 0 Å². The van der Waals surface area contributed by atoms with Crippen LogP contribution in [0.5, 0.6) is 0 Å². The maximum absolute atomic E-state index is 12.7. The largest absolute Gasteiger partial charge is 0.481 e. The number of carbonyl (C=O) groups excluding carboxylic acids is 1. The summed E-state index contributed by atoms with van der Waals surface area (Å²) < 4.78 is 0. The molecule has 1 aliphatic carbocycles. The minimum atomic E-state index is -0.798. The van der Waals surface area contributed by atoms with E-state index in [4.69, 9.17) is 0 Å². The van der Waals surface area contributed by atoms with Gasteiger partial charge in [0.25, 0.3) is 0 Å². The van der Waals surface area contributed by atoms with Gasteiger partial charge < -0.3 is 10.0 Å². The maximum atomic E-state index is 12.7. The number of amides is 1. The Labute approximate surface area is 143 Å². The van der Waals surface area contributed by atoms with Gasteiger partial charge in [0.2, 0.25) is 5.91 Å². The van der Waals surface area contributed by atoms with Crippen LogP contribution in [0.25, 0.3) is 0 Å². The molecule has 1 aliphatic heterocycles. The summed E-state index contributed by atoms with van der Waals surface area (Å²) >= 11 is 0. The van der Waals surface area contributed by atoms with Crippen molar-refractivity contribution in [2.24, 2.45) is 11.8 Å². The Balaban J connectivity index is 1.66. The SMILES string of the molecule is O=C(O)C1CN(C(=O)CC2CCCCCC2)CC1c1ccccc1. The van der Waals surface area contributed by atoms with Crippen LogP contribution in [0.1, 0.15) is 56.4 Å². The molecule has 2 atom stereocenters. The Bertz CT molecular complexity index is 564. The summed E-state index contributed by atoms with van der Waals surface area (Å²) in [5.41, 5.74) is 1.02. The van der Waals surface area contributed by atoms with Crippen molar-refractivity contribution in [2.75, 3.05) is 13.1 Å². The smallest absolute Gasteiger partial charge is 0.308 e. The average molecular weight is 329 g/mol. The van der Waals surface area contributed by atoms with Gasteiger partial charge in [0, 0.05) is 25.4 Å². The molecular formula is C20H27NO3. The summed E-state index contributed by atoms with van der Waals surface area (Å²) in [7, 11) is 0. The first kappa shape index (κ1) is 17.0. The molecule has 130 valence electrons. The van der Waals surface area contributed by atoms with Gasteiger partial charge in [0.1, 0.15) is 0 Å². The first-order chi connectivity index (χ1) is 11.6. The highest BCUT2D eigenvalue weighted by molar-refractivity contribution is 5.79. The Kier molecular flexibility index (Phi) is 5.54. The summed E-state index contributed by atoms with van der Waals surface area (Å²) in [5, 5.41) is 9.57. The van der Waals surface area contributed by atoms with E-state index < -0.39 is 11.9 Å². The molecule has 2 aliphatic rings. The van der Waals surface area contributed by atoms with Crippen LogP contribution >= 0.6 is 0 Å². The van der Waals surface area contributed by atoms with Crippen molar-refractivity contribution < 1.29 is 14.7 Å². The summed E-state index contributed by atoms with van der Waals surface area (Å²) in [6, 6.07) is 9.75. The van der Waals surface area contributed by atoms with Gasteiger partial charge in [-0.05, 0) is 24.3 Å². The van der Waals surface area contributed by atoms with Gasteiger partial charge in [-0.15, -0.1) is 0 Å². The van der Waals surface area contributed by atoms with Crippen LogP contribution in [-0.4, -0.2) is 35.0 Å². The van der Waals surface area contributed by atoms with E-state index in [9.17, 15) is 14.7 Å². The molecule has 1 aromatic carbocycles. The summed E-state index contributed by atoms with van der Waals surface area (Å²) in [6.07, 6.45) is 7.89. The third-order valence-electron chi connectivity index (χ3n) is 5.66. The van der Waals surface area contributed by atoms with Crippen molar-refractivity contribution in [3.05, 3.63) is 35.9 Å². The third kappa shape index (κ3) is 3.97. The lowest BCUT2D eigenvalue weighted by molar-refractivity contribution is -0.141. The van der Waals surface area contributed by atoms with Crippen LogP contribution in [0, 0.1) is 11.8 Å². The number of likely N-dealkylation sites (tertiary alicyclic amines) is 1. The van der Waals surface area contributed by atoms with E-state index in [1.807, 2.05) is 30.3 Å². The van der Waals surface area contributed by atoms with Crippen molar-refractivity contribution >= 4 is 11.9 Å². The number of benzene rings is 1. The van der Waals surface area contributed by atoms with E-state index in [2.05, 4.69) is 0 Å². The van der Waals surface area contributed by atoms with E-state index in [-0.39, 0.29) is 11.8 Å². The van der Waals surface area contributed by atoms with Crippen LogP contribution in [0.3, 0.4) is 0 Å². The molecule has 0 radical (unpaired) electrons. The van der Waals surface area contributed by atoms with E-state index in [0.717, 1.165) is 18.4 Å². The summed E-state index contributed by atoms with van der Waals surface area (Å²) in [5.74, 6) is -0.758. The van der Waals surface area contributed by atoms with Crippen molar-refractivity contribution in [3.63, 3.8) is 0 Å². The van der Waals surface area contributed by atoms with Crippen molar-refractivity contribution in [1.29, 1.82) is 0 Å². The molecule has 1 N–H and O–H groups in total. The van der Waals surface area contributed by atoms with Gasteiger partial charge in [-0.2, -0.15) is 0 Å². The number of hydrogen-bond acceptors (Lipinski definition) is 2. The monoisotopic (exact) mass is 329 g/mol. The zero-order valence-electron chi connectivity index (χ0n) is 14.2. The lowest BCUT2D eigenvalue weighted by Crippen LogP contribution is -2.31. The standard InChI is InChI=1S/C20H27NO3/c22-19(12-15-8-4-1-2-5-9-15)21-13-17(18(14-21)20(23)24)16-10-6-3-7-11-16/h3,6-7,10-11,15,17-18H,1-2,4-5,8-9,12-14H2,(H,23,24). The number of carbonyl (C=O) groups is 2. The molecule has 3 rings (SSSR count). The molecule has 1 aromatic rings. The molecule has 2 unspecified atom stereocenters. The highest BCUT2D eigenvalue weighted by atomic mass is 16.4. The predicted molar refractivity (Wildman–Crippen MR) is 92.7 cm³/mol. The number of hydrogen-bond donors (Lipinski definition) is 1. The van der Waals surface area contributed by atoms with Gasteiger partial charge in [-0.1, -0.05) is 56.0 Å². The van der Waals surface area contributed by atoms with Crippen LogP contribution < -0.4 is 0 Å². The molecular weight excluding hydrogens is 302 g/mol. The summed E-state index contributed by atoms with van der Waals surface area (Å²) in [4.78, 5) is 26.1. The second kappa shape index (κ2) is 7.82. The molecule has 0 bridgehead atoms. The quantitative estimate of drug-likeness (QED) is 0.857. The molecule has 1 saturated heterocycles. The zero-order valence-corrected chi connectivity index (χ0v) is 14.2. The maximum Gasteiger partial charge on any atom is 0.308 e. The lowest BCUT2D eigenvalue weighted by atomic mass is 9.89. The second-order valence-electron chi connectivity index (χ2n) is 7.32. The molecule has 1 heterocycles. The number of nitrogens with zero attached hydrogens (tertiary/aromatic N) is 1. The Hall–Kier alpha value is -1.84. The Morgan fingerprint density at radius 3 is 2.29 bits per heavy atom. The normalized spacial score (nSPS) is 25.4. The number of carboxylic acids is 1. The molecule has 1 amide bonds. The fourth-order valence-electron chi connectivity index (χ4n) is 4.24. The number of aliphatic carboxylic acids is 1. The fraction of sp³-hybridized carbons (Fsp3) is 0.600. The highest BCUT2D eigenvalue weighted by Gasteiger charge is 2.40. The molecule has 0 spiro atoms. The Morgan fingerprint density at radius 1 is 1.00 bits per heavy atom. The molecule has 24 heavy (non-hydrogen) atoms. The van der Waals surface area contributed by atoms with E-state index in [1.54, 1.807) is 4.90 Å². The molecule has 2 fully saturated rings. The van der Waals surface area contributed by atoms with E-state index >= 15 is 0 Å². The minimum Gasteiger partial charge on any atom is -0.481 e. The average Bonchev–Trinajstić information content (AvgIpc) is 2.89. The first-order valence-corrected chi connectivity index (χ1v) is 9.20. The van der Waals surface area contributed by atoms with Crippen molar-refractivity contribution in [1.82, 2.24) is 4.90 Å². The predicted octanol–water partition coefficient (Wildman–Crippen LogP) is 3.67. The van der Waals surface area contributed by atoms with Gasteiger partial charge >= 0.3 is 5.97 Å². The van der Waals surface area contributed by atoms with Crippen LogP contribution in [0.15, 0.2) is 30.3 Å². The third-order valence-corrected chi connectivity index (χ3v) is 5.66. The topological polar surface area (TPSA) is 57.6 Å². The second-order valence-corrected chi connectivity index (χ2v) is 7.32. The van der Waals surface area contributed by atoms with Gasteiger partial charge in [-0.3, -0.25) is 9.59 Å². The number of carboxylic acid groups (broad SMARTS) is 1. The lowest BCUT2D eigenvalue weighted by Gasteiger charge is -2.20. The van der Waals surface area contributed by atoms with E-state index in [1.165, 1.54) is 25.7 Å². The van der Waals surface area contributed by atoms with Crippen molar-refractivity contribution in [3.8, 4) is 0 Å². The first-order valence-electron chi connectivity index (χ1n) is 9.20. The van der Waals surface area contributed by atoms with Gasteiger partial charge in [-0.25, -0.2) is 0 Å². The highest BCUT2D eigenvalue weighted by Crippen LogP contribution is 2.34. The Morgan fingerprint density at radius 2 is 1.67 bits per heavy atom. The molecule has 4 heteroatoms. The van der Waals surface area contributed by atoms with Gasteiger partial charge in [0.15, 0.2) is 0 Å². The zero-order chi connectivity index (χ0) is 16.9. The van der Waals surface area contributed by atoms with Gasteiger partial charge in [0.05, 0.1) is 5.92 Å². The molecule has 1 saturated carbocycles. The van der Waals surface area contributed by atoms with Crippen molar-refractivity contribution in [2.45, 2.75) is 50.9 Å². The molecule has 0 aromatic heterocycles. The fourth-order valence-corrected chi connectivity index (χ4v) is 4.24. The minimum absolute atomic E-state index is 0.0956. The summed E-state index contributed by atoms with van der Waals surface area (Å²) in [6.45, 7) is 0.882.